The van der Waals surface area contributed by atoms with Crippen LogP contribution in [0.2, 0.25) is 0 Å². The molecule has 0 aliphatic heterocycles. The first kappa shape index (κ1) is 19.1. The third-order valence-corrected chi connectivity index (χ3v) is 4.79. The second kappa shape index (κ2) is 9.26. The molecule has 22 heavy (non-hydrogen) atoms. The molecule has 0 aromatic rings. The van der Waals surface area contributed by atoms with Crippen LogP contribution in [-0.2, 0) is 4.79 Å². The Balaban J connectivity index is 3.00. The molecule has 3 atom stereocenters. The molecule has 5 heteroatoms. The Hall–Kier alpha value is -0.940. The van der Waals surface area contributed by atoms with Crippen LogP contribution in [0.25, 0.3) is 0 Å². The summed E-state index contributed by atoms with van der Waals surface area (Å²) in [5, 5.41) is 24.8. The molecule has 3 unspecified atom stereocenters. The maximum Gasteiger partial charge on any atom is 0.236 e. The van der Waals surface area contributed by atoms with Gasteiger partial charge in [0.1, 0.15) is 5.60 Å². The third kappa shape index (κ3) is 5.69. The van der Waals surface area contributed by atoms with Crippen LogP contribution < -0.4 is 5.43 Å². The fourth-order valence-electron chi connectivity index (χ4n) is 3.61. The molecule has 1 amide bonds. The summed E-state index contributed by atoms with van der Waals surface area (Å²) >= 11 is 0. The minimum absolute atomic E-state index is 0.294. The molecule has 0 spiro atoms. The first-order valence-electron chi connectivity index (χ1n) is 8.62. The molecule has 0 bridgehead atoms. The van der Waals surface area contributed by atoms with Gasteiger partial charge in [-0.25, -0.2) is 5.43 Å². The number of rotatable bonds is 6. The van der Waals surface area contributed by atoms with Crippen LogP contribution in [0, 0.1) is 11.8 Å². The lowest BCUT2D eigenvalue weighted by Crippen LogP contribution is -2.46. The van der Waals surface area contributed by atoms with Crippen molar-refractivity contribution in [1.29, 1.82) is 0 Å². The predicted molar refractivity (Wildman–Crippen MR) is 88.6 cm³/mol. The standard InChI is InChI=1S/C17H32N2O3/c1-4-7-15-9-6-8-14(5-2)10-17(22,11-15)16(12-20)19-18-13(3)21/h14-15,20,22H,4-12H2,1-3H3,(H,18,21)/b19-16+. The van der Waals surface area contributed by atoms with E-state index in [0.717, 1.165) is 32.1 Å². The molecule has 0 radical (unpaired) electrons. The van der Waals surface area contributed by atoms with Crippen molar-refractivity contribution in [3.8, 4) is 0 Å². The second-order valence-corrected chi connectivity index (χ2v) is 6.68. The van der Waals surface area contributed by atoms with E-state index in [9.17, 15) is 15.0 Å². The van der Waals surface area contributed by atoms with Gasteiger partial charge in [-0.2, -0.15) is 5.10 Å². The largest absolute Gasteiger partial charge is 0.390 e. The molecule has 1 aliphatic rings. The summed E-state index contributed by atoms with van der Waals surface area (Å²) in [6.45, 7) is 5.34. The van der Waals surface area contributed by atoms with Crippen molar-refractivity contribution in [2.24, 2.45) is 16.9 Å². The van der Waals surface area contributed by atoms with Crippen molar-refractivity contribution in [2.45, 2.75) is 77.7 Å². The molecule has 0 heterocycles. The van der Waals surface area contributed by atoms with Gasteiger partial charge in [-0.3, -0.25) is 4.79 Å². The van der Waals surface area contributed by atoms with Crippen LogP contribution in [0.1, 0.15) is 72.1 Å². The average Bonchev–Trinajstić information content (AvgIpc) is 2.44. The lowest BCUT2D eigenvalue weighted by molar-refractivity contribution is -0.118. The number of hydrogen-bond donors (Lipinski definition) is 3. The van der Waals surface area contributed by atoms with Crippen molar-refractivity contribution >= 4 is 11.6 Å². The zero-order valence-corrected chi connectivity index (χ0v) is 14.3. The SMILES string of the molecule is CCCC1CCCC(CC)CC(O)(/C(CO)=N/NC(C)=O)C1. The van der Waals surface area contributed by atoms with Gasteiger partial charge in [0.05, 0.1) is 12.3 Å². The van der Waals surface area contributed by atoms with Gasteiger partial charge in [0.15, 0.2) is 0 Å². The molecule has 1 rings (SSSR count). The molecular formula is C17H32N2O3. The fraction of sp³-hybridized carbons (Fsp3) is 0.882. The van der Waals surface area contributed by atoms with Gasteiger partial charge < -0.3 is 10.2 Å². The average molecular weight is 312 g/mol. The summed E-state index contributed by atoms with van der Waals surface area (Å²) in [6.07, 6.45) is 7.85. The van der Waals surface area contributed by atoms with Crippen molar-refractivity contribution < 1.29 is 15.0 Å². The van der Waals surface area contributed by atoms with E-state index in [2.05, 4.69) is 24.4 Å². The Morgan fingerprint density at radius 1 is 1.27 bits per heavy atom. The van der Waals surface area contributed by atoms with Gasteiger partial charge in [-0.15, -0.1) is 0 Å². The molecule has 1 aliphatic carbocycles. The zero-order valence-electron chi connectivity index (χ0n) is 14.3. The Bertz CT molecular complexity index is 384. The topological polar surface area (TPSA) is 81.9 Å². The number of carbonyl (C=O) groups is 1. The Kier molecular flexibility index (Phi) is 8.04. The van der Waals surface area contributed by atoms with Crippen LogP contribution >= 0.6 is 0 Å². The van der Waals surface area contributed by atoms with Crippen molar-refractivity contribution in [1.82, 2.24) is 5.43 Å². The van der Waals surface area contributed by atoms with Gasteiger partial charge in [0.25, 0.3) is 0 Å². The molecule has 1 saturated carbocycles. The van der Waals surface area contributed by atoms with Crippen LogP contribution in [0.15, 0.2) is 5.10 Å². The lowest BCUT2D eigenvalue weighted by Gasteiger charge is -2.37. The second-order valence-electron chi connectivity index (χ2n) is 6.68. The molecule has 3 N–H and O–H groups in total. The highest BCUT2D eigenvalue weighted by Crippen LogP contribution is 2.37. The normalized spacial score (nSPS) is 30.5. The molecule has 0 saturated heterocycles. The first-order chi connectivity index (χ1) is 10.4. The molecule has 5 nitrogen and oxygen atoms in total. The number of aliphatic hydroxyl groups excluding tert-OH is 1. The van der Waals surface area contributed by atoms with Gasteiger partial charge in [0.2, 0.25) is 5.91 Å². The summed E-state index contributed by atoms with van der Waals surface area (Å²) in [5.74, 6) is 0.584. The Morgan fingerprint density at radius 3 is 2.45 bits per heavy atom. The van der Waals surface area contributed by atoms with Crippen LogP contribution in [0.3, 0.4) is 0 Å². The molecule has 0 aromatic carbocycles. The fourth-order valence-corrected chi connectivity index (χ4v) is 3.61. The number of nitrogens with zero attached hydrogens (tertiary/aromatic N) is 1. The van der Waals surface area contributed by atoms with Crippen LogP contribution in [-0.4, -0.2) is 34.0 Å². The Morgan fingerprint density at radius 2 is 1.91 bits per heavy atom. The van der Waals surface area contributed by atoms with E-state index in [1.165, 1.54) is 13.3 Å². The lowest BCUT2D eigenvalue weighted by atomic mass is 9.73. The first-order valence-corrected chi connectivity index (χ1v) is 8.62. The van der Waals surface area contributed by atoms with Crippen molar-refractivity contribution in [3.05, 3.63) is 0 Å². The van der Waals surface area contributed by atoms with E-state index in [0.29, 0.717) is 30.4 Å². The number of nitrogens with one attached hydrogen (secondary N) is 1. The Labute approximate surface area is 134 Å². The highest BCUT2D eigenvalue weighted by Gasteiger charge is 2.38. The monoisotopic (exact) mass is 312 g/mol. The highest BCUT2D eigenvalue weighted by atomic mass is 16.3. The van der Waals surface area contributed by atoms with Gasteiger partial charge >= 0.3 is 0 Å². The molecule has 0 aromatic heterocycles. The van der Waals surface area contributed by atoms with Gasteiger partial charge in [0, 0.05) is 6.92 Å². The minimum Gasteiger partial charge on any atom is -0.390 e. The van der Waals surface area contributed by atoms with Gasteiger partial charge in [-0.05, 0) is 24.7 Å². The number of aliphatic hydroxyl groups is 2. The third-order valence-electron chi connectivity index (χ3n) is 4.79. The van der Waals surface area contributed by atoms with E-state index < -0.39 is 5.60 Å². The number of amides is 1. The van der Waals surface area contributed by atoms with Crippen LogP contribution in [0.5, 0.6) is 0 Å². The van der Waals surface area contributed by atoms with Crippen molar-refractivity contribution in [3.63, 3.8) is 0 Å². The van der Waals surface area contributed by atoms with Crippen LogP contribution in [0.4, 0.5) is 0 Å². The number of hydrogen-bond acceptors (Lipinski definition) is 4. The van der Waals surface area contributed by atoms with Gasteiger partial charge in [-0.1, -0.05) is 52.4 Å². The number of hydrazone groups is 1. The number of carbonyl (C=O) groups excluding carboxylic acids is 1. The summed E-state index contributed by atoms with van der Waals surface area (Å²) in [5.41, 5.74) is 1.55. The summed E-state index contributed by atoms with van der Waals surface area (Å²) in [7, 11) is 0. The summed E-state index contributed by atoms with van der Waals surface area (Å²) < 4.78 is 0. The summed E-state index contributed by atoms with van der Waals surface area (Å²) in [6, 6.07) is 0. The van der Waals surface area contributed by atoms with E-state index in [1.807, 2.05) is 0 Å². The molecule has 1 fully saturated rings. The van der Waals surface area contributed by atoms with E-state index >= 15 is 0 Å². The van der Waals surface area contributed by atoms with E-state index in [4.69, 9.17) is 0 Å². The maximum atomic E-state index is 11.2. The van der Waals surface area contributed by atoms with E-state index in [-0.39, 0.29) is 12.5 Å². The minimum atomic E-state index is -1.11. The summed E-state index contributed by atoms with van der Waals surface area (Å²) in [4.78, 5) is 11.1. The molecule has 128 valence electrons. The highest BCUT2D eigenvalue weighted by molar-refractivity contribution is 5.94. The maximum absolute atomic E-state index is 11.2. The van der Waals surface area contributed by atoms with Crippen molar-refractivity contribution in [2.75, 3.05) is 6.61 Å². The smallest absolute Gasteiger partial charge is 0.236 e. The zero-order chi connectivity index (χ0) is 16.6. The predicted octanol–water partition coefficient (Wildman–Crippen LogP) is 2.61. The molecular weight excluding hydrogens is 280 g/mol. The quantitative estimate of drug-likeness (QED) is 0.521. The van der Waals surface area contributed by atoms with E-state index in [1.54, 1.807) is 0 Å².